The number of rotatable bonds is 4. The zero-order valence-corrected chi connectivity index (χ0v) is 12.5. The lowest BCUT2D eigenvalue weighted by atomic mass is 10.0. The maximum atomic E-state index is 4.06. The van der Waals surface area contributed by atoms with E-state index in [4.69, 9.17) is 0 Å². The molecule has 3 rings (SSSR count). The van der Waals surface area contributed by atoms with Crippen LogP contribution in [0, 0.1) is 0 Å². The van der Waals surface area contributed by atoms with E-state index in [0.717, 1.165) is 32.5 Å². The second-order valence-corrected chi connectivity index (χ2v) is 4.77. The van der Waals surface area contributed by atoms with Crippen LogP contribution < -0.4 is 17.0 Å². The van der Waals surface area contributed by atoms with Crippen molar-refractivity contribution in [1.29, 1.82) is 0 Å². The highest BCUT2D eigenvalue weighted by atomic mass is 79.9. The number of hydrogen-bond donors (Lipinski definition) is 0. The van der Waals surface area contributed by atoms with Crippen molar-refractivity contribution in [3.05, 3.63) is 54.1 Å². The quantitative estimate of drug-likeness (QED) is 0.660. The third kappa shape index (κ3) is 3.53. The van der Waals surface area contributed by atoms with Gasteiger partial charge in [-0.15, -0.1) is 0 Å². The van der Waals surface area contributed by atoms with E-state index >= 15 is 0 Å². The van der Waals surface area contributed by atoms with E-state index in [0.29, 0.717) is 0 Å². The summed E-state index contributed by atoms with van der Waals surface area (Å²) in [5, 5.41) is 0. The molecule has 0 saturated heterocycles. The Morgan fingerprint density at radius 1 is 1.26 bits per heavy atom. The lowest BCUT2D eigenvalue weighted by molar-refractivity contribution is -0.524. The van der Waals surface area contributed by atoms with Crippen LogP contribution in [0.4, 0.5) is 0 Å². The number of benzene rings is 1. The fraction of sp³-hybridized carbons (Fsp3) is 0.333. The van der Waals surface area contributed by atoms with Gasteiger partial charge in [-0.05, 0) is 11.6 Å². The molecule has 1 aromatic heterocycles. The van der Waals surface area contributed by atoms with Gasteiger partial charge in [-0.25, -0.2) is 9.56 Å². The summed E-state index contributed by atoms with van der Waals surface area (Å²) in [6, 6.07) is 8.68. The monoisotopic (exact) mass is 319 g/mol. The van der Waals surface area contributed by atoms with Gasteiger partial charge in [0.15, 0.2) is 6.21 Å². The van der Waals surface area contributed by atoms with Crippen LogP contribution in [-0.4, -0.2) is 33.4 Å². The largest absolute Gasteiger partial charge is 1.00 e. The van der Waals surface area contributed by atoms with Crippen LogP contribution in [0.5, 0.6) is 0 Å². The summed E-state index contributed by atoms with van der Waals surface area (Å²) in [5.74, 6) is 0. The van der Waals surface area contributed by atoms with Crippen molar-refractivity contribution in [2.45, 2.75) is 19.4 Å². The Kier molecular flexibility index (Phi) is 4.91. The molecule has 0 fully saturated rings. The van der Waals surface area contributed by atoms with Gasteiger partial charge in [-0.2, -0.15) is 0 Å². The van der Waals surface area contributed by atoms with Crippen molar-refractivity contribution >= 4 is 6.21 Å². The van der Waals surface area contributed by atoms with E-state index < -0.39 is 0 Å². The number of aryl methyl sites for hydroxylation is 1. The maximum Gasteiger partial charge on any atom is 0.170 e. The molecule has 1 aliphatic heterocycles. The van der Waals surface area contributed by atoms with Crippen molar-refractivity contribution in [2.75, 3.05) is 13.1 Å². The first-order valence-electron chi connectivity index (χ1n) is 6.54. The van der Waals surface area contributed by atoms with Gasteiger partial charge in [0.2, 0.25) is 0 Å². The molecule has 0 N–H and O–H groups in total. The number of aromatic nitrogens is 2. The molecule has 3 nitrogen and oxygen atoms in total. The predicted molar refractivity (Wildman–Crippen MR) is 72.2 cm³/mol. The van der Waals surface area contributed by atoms with Crippen LogP contribution in [0.1, 0.15) is 17.5 Å². The highest BCUT2D eigenvalue weighted by Crippen LogP contribution is 2.11. The molecule has 0 amide bonds. The highest BCUT2D eigenvalue weighted by Gasteiger charge is 2.14. The van der Waals surface area contributed by atoms with E-state index in [9.17, 15) is 0 Å². The summed E-state index contributed by atoms with van der Waals surface area (Å²) in [5.41, 5.74) is 2.86. The number of fused-ring (bicyclic) bond motifs is 1. The fourth-order valence-electron chi connectivity index (χ4n) is 2.46. The van der Waals surface area contributed by atoms with Gasteiger partial charge >= 0.3 is 0 Å². The fourth-order valence-corrected chi connectivity index (χ4v) is 2.46. The number of halogens is 1. The van der Waals surface area contributed by atoms with Gasteiger partial charge in [0.05, 0.1) is 6.33 Å². The molecule has 0 saturated carbocycles. The third-order valence-electron chi connectivity index (χ3n) is 3.47. The summed E-state index contributed by atoms with van der Waals surface area (Å²) < 4.78 is 4.57. The van der Waals surface area contributed by atoms with Gasteiger partial charge in [0.1, 0.15) is 13.1 Å². The zero-order chi connectivity index (χ0) is 12.2. The number of hydrogen-bond acceptors (Lipinski definition) is 1. The predicted octanol–water partition coefficient (Wildman–Crippen LogP) is -1.04. The molecule has 1 aliphatic rings. The van der Waals surface area contributed by atoms with Crippen LogP contribution in [0.15, 0.2) is 43.0 Å². The molecule has 0 atom stereocenters. The second-order valence-electron chi connectivity index (χ2n) is 4.77. The van der Waals surface area contributed by atoms with Gasteiger partial charge < -0.3 is 21.5 Å². The molecule has 100 valence electrons. The molecule has 4 heteroatoms. The summed E-state index contributed by atoms with van der Waals surface area (Å²) in [6.45, 7) is 3.31. The molecular weight excluding hydrogens is 302 g/mol. The Balaban J connectivity index is 0.00000133. The van der Waals surface area contributed by atoms with E-state index in [1.807, 2.05) is 18.7 Å². The third-order valence-corrected chi connectivity index (χ3v) is 3.47. The standard InChI is InChI=1S/C15H18N3.BrH/c1-2-5-15-12-17(10-6-14(15)4-1)8-3-9-18-11-7-16-13-18;/h1-2,4-5,7,11-13H,3,6,8-10H2;1H/q+1;/p-1. The van der Waals surface area contributed by atoms with Gasteiger partial charge in [-0.1, -0.05) is 18.2 Å². The Morgan fingerprint density at radius 2 is 2.16 bits per heavy atom. The first-order valence-corrected chi connectivity index (χ1v) is 6.54. The van der Waals surface area contributed by atoms with Gasteiger partial charge in [-0.3, -0.25) is 0 Å². The van der Waals surface area contributed by atoms with Crippen molar-refractivity contribution < 1.29 is 21.6 Å². The van der Waals surface area contributed by atoms with E-state index in [2.05, 4.69) is 44.6 Å². The molecular formula is C15H18BrN3. The van der Waals surface area contributed by atoms with Crippen molar-refractivity contribution in [3.63, 3.8) is 0 Å². The minimum atomic E-state index is 0. The maximum absolute atomic E-state index is 4.06. The molecule has 2 heterocycles. The summed E-state index contributed by atoms with van der Waals surface area (Å²) in [6.07, 6.45) is 10.4. The first kappa shape index (κ1) is 14.0. The lowest BCUT2D eigenvalue weighted by Crippen LogP contribution is -3.00. The molecule has 19 heavy (non-hydrogen) atoms. The van der Waals surface area contributed by atoms with E-state index in [1.165, 1.54) is 11.1 Å². The summed E-state index contributed by atoms with van der Waals surface area (Å²) >= 11 is 0. The SMILES string of the molecule is C1=[N+](CCCn2ccnc2)CCc2ccccc21.[Br-]. The number of imidazole rings is 1. The van der Waals surface area contributed by atoms with Crippen LogP contribution in [-0.2, 0) is 13.0 Å². The minimum Gasteiger partial charge on any atom is -1.00 e. The zero-order valence-electron chi connectivity index (χ0n) is 10.9. The van der Waals surface area contributed by atoms with E-state index in [-0.39, 0.29) is 17.0 Å². The Hall–Kier alpha value is -1.42. The average molecular weight is 320 g/mol. The van der Waals surface area contributed by atoms with E-state index in [1.54, 1.807) is 0 Å². The van der Waals surface area contributed by atoms with Crippen molar-refractivity contribution in [1.82, 2.24) is 9.55 Å². The van der Waals surface area contributed by atoms with Crippen molar-refractivity contribution in [2.24, 2.45) is 0 Å². The second kappa shape index (κ2) is 6.66. The molecule has 0 spiro atoms. The topological polar surface area (TPSA) is 20.8 Å². The molecule has 1 aromatic carbocycles. The van der Waals surface area contributed by atoms with Gasteiger partial charge in [0, 0.05) is 37.3 Å². The summed E-state index contributed by atoms with van der Waals surface area (Å²) in [7, 11) is 0. The first-order chi connectivity index (χ1) is 8.92. The summed E-state index contributed by atoms with van der Waals surface area (Å²) in [4.78, 5) is 4.06. The Morgan fingerprint density at radius 3 is 3.00 bits per heavy atom. The normalized spacial score (nSPS) is 13.4. The Bertz CT molecular complexity index is 546. The highest BCUT2D eigenvalue weighted by molar-refractivity contribution is 5.78. The molecule has 0 radical (unpaired) electrons. The smallest absolute Gasteiger partial charge is 0.170 e. The molecule has 0 unspecified atom stereocenters. The van der Waals surface area contributed by atoms with Crippen LogP contribution >= 0.6 is 0 Å². The molecule has 0 bridgehead atoms. The van der Waals surface area contributed by atoms with Crippen LogP contribution in [0.25, 0.3) is 0 Å². The minimum absolute atomic E-state index is 0. The van der Waals surface area contributed by atoms with Gasteiger partial charge in [0.25, 0.3) is 0 Å². The lowest BCUT2D eigenvalue weighted by Gasteiger charge is -2.12. The average Bonchev–Trinajstić information content (AvgIpc) is 2.92. The van der Waals surface area contributed by atoms with Crippen molar-refractivity contribution in [3.8, 4) is 0 Å². The number of nitrogens with zero attached hydrogens (tertiary/aromatic N) is 3. The van der Waals surface area contributed by atoms with Crippen LogP contribution in [0.3, 0.4) is 0 Å². The molecule has 2 aromatic rings. The molecule has 0 aliphatic carbocycles. The Labute approximate surface area is 124 Å². The van der Waals surface area contributed by atoms with Crippen LogP contribution in [0.2, 0.25) is 0 Å².